The van der Waals surface area contributed by atoms with E-state index < -0.39 is 36.0 Å². The van der Waals surface area contributed by atoms with Crippen LogP contribution in [0.25, 0.3) is 6.08 Å². The predicted octanol–water partition coefficient (Wildman–Crippen LogP) is 6.22. The molecule has 0 aliphatic carbocycles. The molecule has 0 radical (unpaired) electrons. The van der Waals surface area contributed by atoms with Crippen molar-refractivity contribution in [2.75, 3.05) is 0 Å². The number of rotatable bonds is 7. The maximum atomic E-state index is 13.3. The number of hydrogen-bond acceptors (Lipinski definition) is 0. The molecule has 0 fully saturated rings. The molecular formula is C14H11ClF8. The SMILES string of the molecule is FC(F)(Cl)C(F)(F)C(F)(F)C(F)(F)CC/C=C/c1ccccc1. The Kier molecular flexibility index (Phi) is 5.72. The number of benzene rings is 1. The molecule has 0 nitrogen and oxygen atoms in total. The third kappa shape index (κ3) is 4.16. The quantitative estimate of drug-likeness (QED) is 0.397. The van der Waals surface area contributed by atoms with Crippen LogP contribution in [-0.2, 0) is 0 Å². The van der Waals surface area contributed by atoms with Gasteiger partial charge < -0.3 is 0 Å². The van der Waals surface area contributed by atoms with Crippen molar-refractivity contribution < 1.29 is 35.1 Å². The van der Waals surface area contributed by atoms with E-state index in [4.69, 9.17) is 0 Å². The van der Waals surface area contributed by atoms with Gasteiger partial charge in [-0.05, 0) is 23.6 Å². The number of alkyl halides is 9. The van der Waals surface area contributed by atoms with Crippen LogP contribution in [0.4, 0.5) is 35.1 Å². The van der Waals surface area contributed by atoms with Crippen molar-refractivity contribution in [3.63, 3.8) is 0 Å². The molecule has 0 saturated heterocycles. The Morgan fingerprint density at radius 1 is 0.826 bits per heavy atom. The topological polar surface area (TPSA) is 0 Å². The number of halogens is 9. The summed E-state index contributed by atoms with van der Waals surface area (Å²) in [5.41, 5.74) is 0.570. The predicted molar refractivity (Wildman–Crippen MR) is 70.4 cm³/mol. The Balaban J connectivity index is 2.80. The first-order chi connectivity index (χ1) is 10.3. The zero-order valence-corrected chi connectivity index (χ0v) is 12.1. The van der Waals surface area contributed by atoms with Crippen LogP contribution in [0, 0.1) is 0 Å². The van der Waals surface area contributed by atoms with Gasteiger partial charge in [0.05, 0.1) is 0 Å². The fraction of sp³-hybridized carbons (Fsp3) is 0.429. The van der Waals surface area contributed by atoms with E-state index in [1.54, 1.807) is 30.3 Å². The Morgan fingerprint density at radius 3 is 1.83 bits per heavy atom. The van der Waals surface area contributed by atoms with Crippen molar-refractivity contribution in [2.45, 2.75) is 36.0 Å². The molecule has 0 saturated carbocycles. The third-order valence-corrected chi connectivity index (χ3v) is 3.18. The van der Waals surface area contributed by atoms with Gasteiger partial charge in [-0.15, -0.1) is 0 Å². The van der Waals surface area contributed by atoms with E-state index in [0.717, 1.165) is 6.08 Å². The van der Waals surface area contributed by atoms with E-state index in [0.29, 0.717) is 5.56 Å². The number of allylic oxidation sites excluding steroid dienone is 1. The monoisotopic (exact) mass is 366 g/mol. The Morgan fingerprint density at radius 2 is 1.35 bits per heavy atom. The van der Waals surface area contributed by atoms with Gasteiger partial charge in [-0.25, -0.2) is 0 Å². The average molecular weight is 367 g/mol. The van der Waals surface area contributed by atoms with Crippen LogP contribution in [0.15, 0.2) is 36.4 Å². The van der Waals surface area contributed by atoms with Crippen LogP contribution >= 0.6 is 11.6 Å². The van der Waals surface area contributed by atoms with Gasteiger partial charge >= 0.3 is 23.1 Å². The lowest BCUT2D eigenvalue weighted by Crippen LogP contribution is -2.60. The van der Waals surface area contributed by atoms with E-state index in [1.165, 1.54) is 6.08 Å². The summed E-state index contributed by atoms with van der Waals surface area (Å²) in [6.07, 6.45) is -0.105. The minimum Gasteiger partial charge on any atom is -0.200 e. The minimum absolute atomic E-state index is 0.570. The molecule has 1 rings (SSSR count). The van der Waals surface area contributed by atoms with Crippen molar-refractivity contribution in [1.29, 1.82) is 0 Å². The van der Waals surface area contributed by atoms with Gasteiger partial charge in [-0.1, -0.05) is 42.5 Å². The lowest BCUT2D eigenvalue weighted by atomic mass is 10.00. The lowest BCUT2D eigenvalue weighted by molar-refractivity contribution is -0.348. The van der Waals surface area contributed by atoms with Gasteiger partial charge in [0.25, 0.3) is 0 Å². The highest BCUT2D eigenvalue weighted by atomic mass is 35.5. The summed E-state index contributed by atoms with van der Waals surface area (Å²) in [6, 6.07) is 8.12. The average Bonchev–Trinajstić information content (AvgIpc) is 2.43. The molecule has 0 heterocycles. The first-order valence-electron chi connectivity index (χ1n) is 6.25. The Hall–Kier alpha value is -1.31. The van der Waals surface area contributed by atoms with E-state index in [2.05, 4.69) is 11.6 Å². The lowest BCUT2D eigenvalue weighted by Gasteiger charge is -2.34. The largest absolute Gasteiger partial charge is 0.392 e. The van der Waals surface area contributed by atoms with E-state index in [1.807, 2.05) is 0 Å². The molecule has 0 atom stereocenters. The maximum Gasteiger partial charge on any atom is 0.392 e. The second-order valence-electron chi connectivity index (χ2n) is 4.70. The standard InChI is InChI=1S/C14H11ClF8/c15-14(22,23)13(20,21)12(18,19)11(16,17)9-5-4-8-10-6-2-1-3-7-10/h1-4,6-8H,5,9H2/b8-4+. The first-order valence-corrected chi connectivity index (χ1v) is 6.62. The summed E-state index contributed by atoms with van der Waals surface area (Å²) in [7, 11) is 0. The fourth-order valence-electron chi connectivity index (χ4n) is 1.61. The van der Waals surface area contributed by atoms with E-state index in [9.17, 15) is 35.1 Å². The first kappa shape index (κ1) is 19.7. The van der Waals surface area contributed by atoms with Crippen LogP contribution in [-0.4, -0.2) is 23.1 Å². The van der Waals surface area contributed by atoms with Crippen LogP contribution in [0.2, 0.25) is 0 Å². The maximum absolute atomic E-state index is 13.3. The molecule has 9 heteroatoms. The highest BCUT2D eigenvalue weighted by Crippen LogP contribution is 2.55. The van der Waals surface area contributed by atoms with E-state index >= 15 is 0 Å². The fourth-order valence-corrected chi connectivity index (χ4v) is 1.73. The van der Waals surface area contributed by atoms with Crippen LogP contribution < -0.4 is 0 Å². The van der Waals surface area contributed by atoms with Crippen molar-refractivity contribution in [1.82, 2.24) is 0 Å². The smallest absolute Gasteiger partial charge is 0.200 e. The van der Waals surface area contributed by atoms with E-state index in [-0.39, 0.29) is 0 Å². The highest BCUT2D eigenvalue weighted by molar-refractivity contribution is 6.22. The minimum atomic E-state index is -6.39. The van der Waals surface area contributed by atoms with Crippen LogP contribution in [0.5, 0.6) is 0 Å². The molecule has 0 aromatic heterocycles. The second kappa shape index (κ2) is 6.67. The molecule has 0 aliphatic heterocycles. The zero-order chi connectivity index (χ0) is 17.9. The van der Waals surface area contributed by atoms with Gasteiger partial charge in [0.1, 0.15) is 0 Å². The molecule has 0 aliphatic rings. The van der Waals surface area contributed by atoms with Crippen molar-refractivity contribution in [3.8, 4) is 0 Å². The van der Waals surface area contributed by atoms with Gasteiger partial charge in [-0.3, -0.25) is 0 Å². The summed E-state index contributed by atoms with van der Waals surface area (Å²) >= 11 is 3.85. The summed E-state index contributed by atoms with van der Waals surface area (Å²) in [5.74, 6) is -18.1. The van der Waals surface area contributed by atoms with Gasteiger partial charge in [0, 0.05) is 6.42 Å². The zero-order valence-electron chi connectivity index (χ0n) is 11.4. The molecule has 130 valence electrons. The molecule has 0 N–H and O–H groups in total. The molecular weight excluding hydrogens is 356 g/mol. The molecule has 1 aromatic carbocycles. The van der Waals surface area contributed by atoms with Crippen molar-refractivity contribution >= 4 is 17.7 Å². The van der Waals surface area contributed by atoms with Crippen LogP contribution in [0.1, 0.15) is 18.4 Å². The third-order valence-electron chi connectivity index (χ3n) is 2.94. The molecule has 0 bridgehead atoms. The van der Waals surface area contributed by atoms with Crippen molar-refractivity contribution in [2.24, 2.45) is 0 Å². The Bertz CT molecular complexity index is 533. The van der Waals surface area contributed by atoms with Crippen LogP contribution in [0.3, 0.4) is 0 Å². The molecule has 1 aromatic rings. The number of hydrogen-bond donors (Lipinski definition) is 0. The van der Waals surface area contributed by atoms with Crippen molar-refractivity contribution in [3.05, 3.63) is 42.0 Å². The molecule has 0 spiro atoms. The van der Waals surface area contributed by atoms with Gasteiger partial charge in [-0.2, -0.15) is 35.1 Å². The summed E-state index contributed by atoms with van der Waals surface area (Å²) < 4.78 is 103. The summed E-state index contributed by atoms with van der Waals surface area (Å²) in [6.45, 7) is 0. The molecule has 0 unspecified atom stereocenters. The van der Waals surface area contributed by atoms with Gasteiger partial charge in [0.2, 0.25) is 0 Å². The summed E-state index contributed by atoms with van der Waals surface area (Å²) in [5, 5.41) is -5.81. The highest BCUT2D eigenvalue weighted by Gasteiger charge is 2.79. The Labute approximate surface area is 131 Å². The normalized spacial score (nSPS) is 14.5. The molecule has 23 heavy (non-hydrogen) atoms. The second-order valence-corrected chi connectivity index (χ2v) is 5.18. The summed E-state index contributed by atoms with van der Waals surface area (Å²) in [4.78, 5) is 0. The van der Waals surface area contributed by atoms with Gasteiger partial charge in [0.15, 0.2) is 0 Å². The molecule has 0 amide bonds.